The molecule has 0 spiro atoms. The molecule has 2 aromatic heterocycles. The van der Waals surface area contributed by atoms with Crippen molar-refractivity contribution in [3.63, 3.8) is 0 Å². The number of esters is 1. The Hall–Kier alpha value is -3.83. The number of H-pyrrole nitrogens is 2. The molecule has 0 saturated heterocycles. The summed E-state index contributed by atoms with van der Waals surface area (Å²) in [7, 11) is 0. The van der Waals surface area contributed by atoms with E-state index in [9.17, 15) is 24.5 Å². The number of rotatable bonds is 5. The molecule has 0 fully saturated rings. The van der Waals surface area contributed by atoms with Gasteiger partial charge >= 0.3 is 17.1 Å². The number of nitrogens with one attached hydrogen (secondary N) is 2. The Morgan fingerprint density at radius 2 is 2.04 bits per heavy atom. The summed E-state index contributed by atoms with van der Waals surface area (Å²) in [6.45, 7) is 1.65. The van der Waals surface area contributed by atoms with E-state index in [2.05, 4.69) is 20.1 Å². The Morgan fingerprint density at radius 3 is 2.73 bits per heavy atom. The monoisotopic (exact) mass is 360 g/mol. The Bertz CT molecular complexity index is 1130. The fraction of sp³-hybridized carbons (Fsp3) is 0.214. The summed E-state index contributed by atoms with van der Waals surface area (Å²) in [5.74, 6) is -0.806. The molecule has 12 nitrogen and oxygen atoms in total. The average Bonchev–Trinajstić information content (AvgIpc) is 3.04. The van der Waals surface area contributed by atoms with Crippen molar-refractivity contribution in [2.75, 3.05) is 6.61 Å². The molecule has 134 valence electrons. The maximum absolute atomic E-state index is 11.9. The van der Waals surface area contributed by atoms with Gasteiger partial charge in [0.15, 0.2) is 0 Å². The standard InChI is InChI=1S/C14H12N6O6/c1-2-26-14(23)11-15-6-16-19(11)5-7-3-8(20(24)25)4-9-10(7)18-13(22)12(21)17-9/h3-4,6H,2,5H2,1H3,(H,17,21)(H,18,22). The third-order valence-corrected chi connectivity index (χ3v) is 3.50. The molecule has 12 heteroatoms. The normalized spacial score (nSPS) is 10.8. The molecule has 0 unspecified atom stereocenters. The van der Waals surface area contributed by atoms with E-state index in [1.165, 1.54) is 10.7 Å². The molecule has 0 saturated carbocycles. The molecule has 3 rings (SSSR count). The largest absolute Gasteiger partial charge is 0.460 e. The van der Waals surface area contributed by atoms with Gasteiger partial charge in [0.25, 0.3) is 5.69 Å². The van der Waals surface area contributed by atoms with Crippen molar-refractivity contribution in [1.82, 2.24) is 24.7 Å². The number of nitro benzene ring substituents is 1. The first-order valence-electron chi connectivity index (χ1n) is 7.39. The number of carbonyl (C=O) groups excluding carboxylic acids is 1. The number of benzene rings is 1. The van der Waals surface area contributed by atoms with Gasteiger partial charge in [-0.2, -0.15) is 5.10 Å². The number of ether oxygens (including phenoxy) is 1. The van der Waals surface area contributed by atoms with Crippen LogP contribution in [0.2, 0.25) is 0 Å². The fourth-order valence-corrected chi connectivity index (χ4v) is 2.41. The molecule has 2 N–H and O–H groups in total. The molecular formula is C14H12N6O6. The molecule has 0 aliphatic heterocycles. The first-order valence-corrected chi connectivity index (χ1v) is 7.39. The van der Waals surface area contributed by atoms with Crippen LogP contribution in [-0.2, 0) is 11.3 Å². The number of hydrogen-bond donors (Lipinski definition) is 2. The van der Waals surface area contributed by atoms with E-state index in [0.29, 0.717) is 0 Å². The Kier molecular flexibility index (Phi) is 4.31. The summed E-state index contributed by atoms with van der Waals surface area (Å²) in [5.41, 5.74) is -1.61. The molecule has 0 bridgehead atoms. The Labute approximate surface area is 143 Å². The van der Waals surface area contributed by atoms with E-state index >= 15 is 0 Å². The molecule has 0 radical (unpaired) electrons. The second-order valence-electron chi connectivity index (χ2n) is 5.15. The predicted molar refractivity (Wildman–Crippen MR) is 86.9 cm³/mol. The zero-order chi connectivity index (χ0) is 18.8. The maximum Gasteiger partial charge on any atom is 0.376 e. The lowest BCUT2D eigenvalue weighted by molar-refractivity contribution is -0.384. The summed E-state index contributed by atoms with van der Waals surface area (Å²) in [4.78, 5) is 54.0. The zero-order valence-electron chi connectivity index (χ0n) is 13.4. The highest BCUT2D eigenvalue weighted by Crippen LogP contribution is 2.22. The number of nitro groups is 1. The van der Waals surface area contributed by atoms with Crippen molar-refractivity contribution >= 4 is 22.7 Å². The predicted octanol–water partition coefficient (Wildman–Crippen LogP) is -0.0589. The van der Waals surface area contributed by atoms with Crippen LogP contribution in [0.1, 0.15) is 23.1 Å². The van der Waals surface area contributed by atoms with Crippen LogP contribution >= 0.6 is 0 Å². The lowest BCUT2D eigenvalue weighted by atomic mass is 10.1. The summed E-state index contributed by atoms with van der Waals surface area (Å²) >= 11 is 0. The SMILES string of the molecule is CCOC(=O)c1ncnn1Cc1cc([N+](=O)[O-])cc2[nH]c(=O)c(=O)[nH]c12. The van der Waals surface area contributed by atoms with Crippen LogP contribution in [-0.4, -0.2) is 42.2 Å². The van der Waals surface area contributed by atoms with Crippen LogP contribution in [0.5, 0.6) is 0 Å². The summed E-state index contributed by atoms with van der Waals surface area (Å²) < 4.78 is 6.05. The number of non-ortho nitro benzene ring substituents is 1. The molecule has 0 aliphatic carbocycles. The van der Waals surface area contributed by atoms with Crippen LogP contribution in [0, 0.1) is 10.1 Å². The van der Waals surface area contributed by atoms with Gasteiger partial charge in [0.2, 0.25) is 5.82 Å². The van der Waals surface area contributed by atoms with E-state index in [4.69, 9.17) is 4.74 Å². The number of carbonyl (C=O) groups is 1. The minimum absolute atomic E-state index is 0.0802. The van der Waals surface area contributed by atoms with Gasteiger partial charge in [0, 0.05) is 17.7 Å². The van der Waals surface area contributed by atoms with Crippen molar-refractivity contribution < 1.29 is 14.5 Å². The second-order valence-corrected chi connectivity index (χ2v) is 5.15. The number of fused-ring (bicyclic) bond motifs is 1. The number of hydrogen-bond acceptors (Lipinski definition) is 8. The number of aromatic amines is 2. The molecule has 26 heavy (non-hydrogen) atoms. The highest BCUT2D eigenvalue weighted by atomic mass is 16.6. The topological polar surface area (TPSA) is 166 Å². The first-order chi connectivity index (χ1) is 12.4. The maximum atomic E-state index is 11.9. The smallest absolute Gasteiger partial charge is 0.376 e. The van der Waals surface area contributed by atoms with E-state index in [0.717, 1.165) is 12.4 Å². The van der Waals surface area contributed by atoms with Gasteiger partial charge in [-0.1, -0.05) is 0 Å². The minimum Gasteiger partial charge on any atom is -0.460 e. The molecule has 2 heterocycles. The quantitative estimate of drug-likeness (QED) is 0.276. The van der Waals surface area contributed by atoms with Crippen molar-refractivity contribution in [3.05, 3.63) is 60.7 Å². The van der Waals surface area contributed by atoms with Gasteiger partial charge in [0.1, 0.15) is 6.33 Å². The second kappa shape index (κ2) is 6.58. The Balaban J connectivity index is 2.16. The van der Waals surface area contributed by atoms with Gasteiger partial charge < -0.3 is 14.7 Å². The minimum atomic E-state index is -0.933. The van der Waals surface area contributed by atoms with E-state index in [1.807, 2.05) is 0 Å². The van der Waals surface area contributed by atoms with Crippen LogP contribution in [0.3, 0.4) is 0 Å². The van der Waals surface area contributed by atoms with Crippen LogP contribution < -0.4 is 11.1 Å². The number of aromatic nitrogens is 5. The molecule has 0 aliphatic rings. The third-order valence-electron chi connectivity index (χ3n) is 3.50. The van der Waals surface area contributed by atoms with Crippen molar-refractivity contribution in [2.24, 2.45) is 0 Å². The molecule has 0 amide bonds. The highest BCUT2D eigenvalue weighted by Gasteiger charge is 2.19. The molecule has 3 aromatic rings. The fourth-order valence-electron chi connectivity index (χ4n) is 2.41. The van der Waals surface area contributed by atoms with Gasteiger partial charge in [-0.15, -0.1) is 0 Å². The summed E-state index contributed by atoms with van der Waals surface area (Å²) in [6.07, 6.45) is 1.14. The highest BCUT2D eigenvalue weighted by molar-refractivity contribution is 5.85. The first kappa shape index (κ1) is 17.0. The van der Waals surface area contributed by atoms with Crippen molar-refractivity contribution in [2.45, 2.75) is 13.5 Å². The Morgan fingerprint density at radius 1 is 1.31 bits per heavy atom. The lowest BCUT2D eigenvalue weighted by Crippen LogP contribution is -2.29. The summed E-state index contributed by atoms with van der Waals surface area (Å²) in [6, 6.07) is 2.34. The van der Waals surface area contributed by atoms with Gasteiger partial charge in [-0.25, -0.2) is 14.5 Å². The van der Waals surface area contributed by atoms with Crippen LogP contribution in [0.15, 0.2) is 28.0 Å². The van der Waals surface area contributed by atoms with Crippen LogP contribution in [0.4, 0.5) is 5.69 Å². The van der Waals surface area contributed by atoms with E-state index < -0.39 is 22.0 Å². The number of nitrogens with zero attached hydrogens (tertiary/aromatic N) is 4. The molecule has 1 aromatic carbocycles. The summed E-state index contributed by atoms with van der Waals surface area (Å²) in [5, 5.41) is 15.1. The van der Waals surface area contributed by atoms with Gasteiger partial charge in [0.05, 0.1) is 29.1 Å². The van der Waals surface area contributed by atoms with Crippen molar-refractivity contribution in [3.8, 4) is 0 Å². The van der Waals surface area contributed by atoms with Gasteiger partial charge in [-0.05, 0) is 6.92 Å². The zero-order valence-corrected chi connectivity index (χ0v) is 13.4. The molecule has 0 atom stereocenters. The molecular weight excluding hydrogens is 348 g/mol. The lowest BCUT2D eigenvalue weighted by Gasteiger charge is -2.08. The average molecular weight is 360 g/mol. The van der Waals surface area contributed by atoms with E-state index in [1.54, 1.807) is 6.92 Å². The third kappa shape index (κ3) is 3.07. The van der Waals surface area contributed by atoms with Crippen molar-refractivity contribution in [1.29, 1.82) is 0 Å². The van der Waals surface area contributed by atoms with E-state index in [-0.39, 0.29) is 41.3 Å². The van der Waals surface area contributed by atoms with Crippen LogP contribution in [0.25, 0.3) is 11.0 Å². The van der Waals surface area contributed by atoms with Gasteiger partial charge in [-0.3, -0.25) is 19.7 Å².